The number of rotatable bonds is 24. The molecule has 5 aromatic rings. The van der Waals surface area contributed by atoms with Crippen LogP contribution >= 0.6 is 47.8 Å². The molecule has 0 fully saturated rings. The Balaban J connectivity index is 0.000000476. The Bertz CT molecular complexity index is 5030. The number of hydrogen-bond donors (Lipinski definition) is 2. The zero-order valence-corrected chi connectivity index (χ0v) is 71.0. The number of aldehydes is 1. The van der Waals surface area contributed by atoms with Crippen molar-refractivity contribution in [2.24, 2.45) is 20.6 Å². The van der Waals surface area contributed by atoms with Gasteiger partial charge in [-0.1, -0.05) is 93.8 Å². The highest BCUT2D eigenvalue weighted by molar-refractivity contribution is 9.11. The van der Waals surface area contributed by atoms with Crippen LogP contribution in [-0.4, -0.2) is 180 Å². The summed E-state index contributed by atoms with van der Waals surface area (Å²) < 4.78 is 173. The maximum Gasteiger partial charge on any atom is 0.327 e. The van der Waals surface area contributed by atoms with Crippen LogP contribution in [0.3, 0.4) is 0 Å². The molecule has 3 heterocycles. The zero-order valence-electron chi connectivity index (χ0n) is 63.0. The van der Waals surface area contributed by atoms with Crippen LogP contribution in [0.15, 0.2) is 138 Å². The van der Waals surface area contributed by atoms with E-state index in [1.54, 1.807) is 77.1 Å². The van der Waals surface area contributed by atoms with E-state index in [0.717, 1.165) is 38.2 Å². The first-order valence-corrected chi connectivity index (χ1v) is 43.3. The first kappa shape index (κ1) is 100. The van der Waals surface area contributed by atoms with Crippen molar-refractivity contribution < 1.29 is 119 Å². The average molecular weight is 1860 g/mol. The third kappa shape index (κ3) is 28.1. The van der Waals surface area contributed by atoms with E-state index in [9.17, 15) is 84.7 Å². The molecule has 0 saturated carbocycles. The Kier molecular flexibility index (Phi) is 39.3. The van der Waals surface area contributed by atoms with Gasteiger partial charge in [-0.05, 0) is 160 Å². The largest absolute Gasteiger partial charge is 0.480 e. The number of halogens is 8. The van der Waals surface area contributed by atoms with E-state index in [1.807, 2.05) is 0 Å². The lowest BCUT2D eigenvalue weighted by atomic mass is 9.96. The van der Waals surface area contributed by atoms with Crippen molar-refractivity contribution in [2.45, 2.75) is 152 Å². The average Bonchev–Trinajstić information content (AvgIpc) is 1.77. The fourth-order valence-electron chi connectivity index (χ4n) is 10.0. The third-order valence-corrected chi connectivity index (χ3v) is 26.4. The number of aliphatic carboxylic acids is 1. The minimum Gasteiger partial charge on any atom is -0.480 e. The smallest absolute Gasteiger partial charge is 0.327 e. The van der Waals surface area contributed by atoms with Gasteiger partial charge in [0, 0.05) is 110 Å². The number of carboxylic acids is 1. The fourth-order valence-corrected chi connectivity index (χ4v) is 14.3. The first-order valence-electron chi connectivity index (χ1n) is 33.3. The minimum absolute atomic E-state index is 0. The number of allylic oxidation sites excluding steroid dienone is 1. The molecule has 113 heavy (non-hydrogen) atoms. The summed E-state index contributed by atoms with van der Waals surface area (Å²) >= 11 is 9.35. The topological polar surface area (TPSA) is 367 Å². The number of sulfone groups is 4. The molecule has 8 rings (SSSR count). The molecule has 0 amide bonds. The summed E-state index contributed by atoms with van der Waals surface area (Å²) in [6.07, 6.45) is 4.68. The minimum atomic E-state index is -3.87. The Labute approximate surface area is 680 Å². The van der Waals surface area contributed by atoms with E-state index in [-0.39, 0.29) is 100 Å². The van der Waals surface area contributed by atoms with Gasteiger partial charge in [0.2, 0.25) is 0 Å². The highest BCUT2D eigenvalue weighted by atomic mass is 79.9. The Morgan fingerprint density at radius 1 is 0.522 bits per heavy atom. The molecule has 618 valence electrons. The summed E-state index contributed by atoms with van der Waals surface area (Å²) in [5.74, 6) is 4.65. The van der Waals surface area contributed by atoms with Crippen molar-refractivity contribution in [3.05, 3.63) is 185 Å². The van der Waals surface area contributed by atoms with Crippen LogP contribution in [0, 0.1) is 52.8 Å². The quantitative estimate of drug-likeness (QED) is 0.00667. The molecule has 7 atom stereocenters. The monoisotopic (exact) mass is 1850 g/mol. The SMILES string of the molecule is C.C=CCC(C)(C(=O)OCC)S(C)(=O)=O.CC#Cc1ccc(C2=NOC(CC(C)(C(=O)O)S(C)(=O)=O)C2)c(F)c1.CC#Cc1ccc(C2=NOC(CC(C)(C(=O)OCC)S(C)(=O)=O)C2)c(F)c1.CCOC(=O)C(C)(CC1CC(c2ccc(Br)cc2F)=NO1)S(C)(=O)=O.O/N=C/c1ccc(Br)cc1F.O=Cc1ccc(Br)cc1F. The summed E-state index contributed by atoms with van der Waals surface area (Å²) in [5, 5.41) is 31.7. The molecule has 2 N–H and O–H groups in total. The van der Waals surface area contributed by atoms with E-state index >= 15 is 0 Å². The normalized spacial score (nSPS) is 16.9. The lowest BCUT2D eigenvalue weighted by Crippen LogP contribution is -2.47. The Hall–Kier alpha value is -8.72. The predicted molar refractivity (Wildman–Crippen MR) is 429 cm³/mol. The number of carboxylic acid groups (broad SMARTS) is 1. The van der Waals surface area contributed by atoms with Crippen LogP contribution in [0.2, 0.25) is 0 Å². The number of carbonyl (C=O) groups excluding carboxylic acids is 4. The summed E-state index contributed by atoms with van der Waals surface area (Å²) in [6.45, 7) is 17.0. The molecule has 0 radical (unpaired) electrons. The predicted octanol–water partition coefficient (Wildman–Crippen LogP) is 13.6. The van der Waals surface area contributed by atoms with Crippen LogP contribution in [0.1, 0.15) is 158 Å². The Morgan fingerprint density at radius 2 is 0.823 bits per heavy atom. The molecule has 0 aliphatic carbocycles. The number of nitrogens with zero attached hydrogens (tertiary/aromatic N) is 4. The van der Waals surface area contributed by atoms with Gasteiger partial charge in [-0.15, -0.1) is 18.4 Å². The van der Waals surface area contributed by atoms with Crippen LogP contribution in [0.5, 0.6) is 0 Å². The third-order valence-electron chi connectivity index (χ3n) is 17.0. The molecule has 37 heteroatoms. The van der Waals surface area contributed by atoms with Gasteiger partial charge in [-0.25, -0.2) is 55.6 Å². The standard InChI is InChI=1S/C19H22FNO5S.C17H18FNO5S.C16H19BrFNO5S.C9H16O4S.C7H5BrFNO.C7H4BrFO.CH4/c1-5-7-13-8-9-15(16(20)10-13)17-11-14(26-21-17)12-19(3,27(4,23)24)18(22)25-6-2;1-4-5-11-6-7-13(14(18)8-11)15-9-12(24-19-15)10-17(2,16(20)21)25(3,22)23;1-4-23-15(20)16(2,25(3,21)22)9-11-8-14(19-24-11)12-6-5-10(17)7-13(12)18;1-5-7-9(3,14(4,11)12)8(10)13-6-2;8-6-2-1-5(4-10-11)7(9)3-6;8-6-2-1-5(4-10)7(9)3-6;/h8-10,14H,6,11-12H2,1-4H3;6-8,12H,9-10H2,1-3H3,(H,20,21);5-7,11H,4,8-9H2,1-3H3;5H,1,6-7H2,2-4H3;1-4,11H;1-4H;1H4/b;;;;10-4+;;. The summed E-state index contributed by atoms with van der Waals surface area (Å²) in [4.78, 5) is 73.1. The van der Waals surface area contributed by atoms with Crippen molar-refractivity contribution in [3.63, 3.8) is 0 Å². The van der Waals surface area contributed by atoms with E-state index in [2.05, 4.69) is 98.7 Å². The summed E-state index contributed by atoms with van der Waals surface area (Å²) in [6, 6.07) is 22.3. The maximum atomic E-state index is 14.3. The molecule has 0 aromatic heterocycles. The van der Waals surface area contributed by atoms with Crippen molar-refractivity contribution in [2.75, 3.05) is 44.8 Å². The molecule has 3 aliphatic heterocycles. The van der Waals surface area contributed by atoms with Crippen LogP contribution < -0.4 is 0 Å². The van der Waals surface area contributed by atoms with Gasteiger partial charge < -0.3 is 39.0 Å². The number of oxime groups is 4. The molecule has 0 bridgehead atoms. The second-order valence-electron chi connectivity index (χ2n) is 25.4. The second kappa shape index (κ2) is 44.2. The van der Waals surface area contributed by atoms with E-state index < -0.39 is 130 Å². The fraction of sp³-hybridized carbons (Fsp3) is 0.408. The van der Waals surface area contributed by atoms with Crippen molar-refractivity contribution in [3.8, 4) is 23.7 Å². The molecular weight excluding hydrogens is 1770 g/mol. The van der Waals surface area contributed by atoms with Gasteiger partial charge in [-0.2, -0.15) is 0 Å². The van der Waals surface area contributed by atoms with E-state index in [1.165, 1.54) is 75.4 Å². The van der Waals surface area contributed by atoms with Crippen LogP contribution in [0.4, 0.5) is 22.0 Å². The maximum absolute atomic E-state index is 14.3. The van der Waals surface area contributed by atoms with Crippen molar-refractivity contribution in [1.29, 1.82) is 0 Å². The molecule has 25 nitrogen and oxygen atoms in total. The highest BCUT2D eigenvalue weighted by Crippen LogP contribution is 2.35. The number of hydrogen-bond acceptors (Lipinski definition) is 24. The van der Waals surface area contributed by atoms with Crippen molar-refractivity contribution >= 4 is 141 Å². The molecule has 3 aliphatic rings. The Morgan fingerprint density at radius 3 is 1.10 bits per heavy atom. The zero-order chi connectivity index (χ0) is 85.1. The molecular formula is C76H88Br3F5N4O21S4. The van der Waals surface area contributed by atoms with Gasteiger partial charge in [0.05, 0.1) is 48.7 Å². The summed E-state index contributed by atoms with van der Waals surface area (Å²) in [5.41, 5.74) is 3.21. The number of carbonyl (C=O) groups is 5. The van der Waals surface area contributed by atoms with Gasteiger partial charge in [-0.3, -0.25) is 24.0 Å². The highest BCUT2D eigenvalue weighted by Gasteiger charge is 2.51. The van der Waals surface area contributed by atoms with Gasteiger partial charge in [0.25, 0.3) is 0 Å². The molecule has 7 unspecified atom stereocenters. The van der Waals surface area contributed by atoms with Crippen LogP contribution in [-0.2, 0) is 87.3 Å². The van der Waals surface area contributed by atoms with Crippen LogP contribution in [0.25, 0.3) is 0 Å². The number of ether oxygens (including phenoxy) is 3. The van der Waals surface area contributed by atoms with E-state index in [0.29, 0.717) is 48.0 Å². The lowest BCUT2D eigenvalue weighted by molar-refractivity contribution is -0.147. The molecule has 0 saturated heterocycles. The lowest BCUT2D eigenvalue weighted by Gasteiger charge is -2.27. The number of benzene rings is 5. The molecule has 5 aromatic carbocycles. The van der Waals surface area contributed by atoms with Gasteiger partial charge in [0.15, 0.2) is 64.6 Å². The summed E-state index contributed by atoms with van der Waals surface area (Å²) in [7, 11) is -14.9. The molecule has 0 spiro atoms. The van der Waals surface area contributed by atoms with Crippen molar-refractivity contribution in [1.82, 2.24) is 0 Å². The van der Waals surface area contributed by atoms with Gasteiger partial charge in [0.1, 0.15) is 47.4 Å². The number of esters is 3. The first-order chi connectivity index (χ1) is 52.0. The second-order valence-corrected chi connectivity index (χ2v) is 38.0. The van der Waals surface area contributed by atoms with E-state index in [4.69, 9.17) is 33.9 Å². The van der Waals surface area contributed by atoms with Gasteiger partial charge >= 0.3 is 23.9 Å².